The van der Waals surface area contributed by atoms with E-state index in [0.717, 1.165) is 22.3 Å². The summed E-state index contributed by atoms with van der Waals surface area (Å²) in [6.07, 6.45) is 1.03. The van der Waals surface area contributed by atoms with Crippen molar-refractivity contribution in [3.8, 4) is 11.5 Å². The summed E-state index contributed by atoms with van der Waals surface area (Å²) in [7, 11) is 0. The van der Waals surface area contributed by atoms with Gasteiger partial charge in [-0.1, -0.05) is 55.4 Å². The van der Waals surface area contributed by atoms with E-state index in [0.29, 0.717) is 24.3 Å². The second-order valence-electron chi connectivity index (χ2n) is 8.81. The lowest BCUT2D eigenvalue weighted by atomic mass is 9.76. The number of carboxylic acid groups (broad SMARTS) is 1. The molecule has 0 aromatic heterocycles. The molecule has 26 heavy (non-hydrogen) atoms. The number of carbonyl (C=O) groups is 1. The van der Waals surface area contributed by atoms with Crippen molar-refractivity contribution in [2.75, 3.05) is 0 Å². The van der Waals surface area contributed by atoms with Crippen LogP contribution in [0.25, 0.3) is 0 Å². The van der Waals surface area contributed by atoms with Gasteiger partial charge in [0.25, 0.3) is 0 Å². The molecular formula is C22H34O4. The molecule has 1 aromatic rings. The van der Waals surface area contributed by atoms with Crippen LogP contribution in [0.1, 0.15) is 102 Å². The lowest BCUT2D eigenvalue weighted by Crippen LogP contribution is -2.52. The smallest absolute Gasteiger partial charge is 0.348 e. The molecular weight excluding hydrogens is 328 g/mol. The Morgan fingerprint density at radius 1 is 0.923 bits per heavy atom. The van der Waals surface area contributed by atoms with Crippen molar-refractivity contribution in [1.82, 2.24) is 0 Å². The molecule has 2 rings (SSSR count). The highest BCUT2D eigenvalue weighted by Crippen LogP contribution is 2.51. The van der Waals surface area contributed by atoms with Crippen LogP contribution < -0.4 is 4.74 Å². The molecule has 0 saturated heterocycles. The van der Waals surface area contributed by atoms with Crippen LogP contribution in [0.15, 0.2) is 0 Å². The van der Waals surface area contributed by atoms with Gasteiger partial charge in [0, 0.05) is 34.6 Å². The van der Waals surface area contributed by atoms with E-state index in [-0.39, 0.29) is 23.7 Å². The van der Waals surface area contributed by atoms with Gasteiger partial charge in [-0.3, -0.25) is 0 Å². The average Bonchev–Trinajstić information content (AvgIpc) is 2.51. The first-order chi connectivity index (χ1) is 12.0. The predicted molar refractivity (Wildman–Crippen MR) is 105 cm³/mol. The fraction of sp³-hybridized carbons (Fsp3) is 0.682. The fourth-order valence-corrected chi connectivity index (χ4v) is 4.31. The Labute approximate surface area is 157 Å². The number of carboxylic acids is 1. The normalized spacial score (nSPS) is 20.0. The zero-order chi connectivity index (χ0) is 20.0. The molecule has 4 nitrogen and oxygen atoms in total. The molecule has 1 unspecified atom stereocenters. The van der Waals surface area contributed by atoms with E-state index in [9.17, 15) is 15.0 Å². The second-order valence-corrected chi connectivity index (χ2v) is 8.81. The monoisotopic (exact) mass is 362 g/mol. The van der Waals surface area contributed by atoms with Crippen molar-refractivity contribution < 1.29 is 19.7 Å². The third-order valence-electron chi connectivity index (χ3n) is 5.70. The van der Waals surface area contributed by atoms with Crippen LogP contribution in [-0.4, -0.2) is 21.8 Å². The van der Waals surface area contributed by atoms with Gasteiger partial charge in [0.15, 0.2) is 0 Å². The van der Waals surface area contributed by atoms with E-state index in [1.807, 2.05) is 13.8 Å². The molecule has 1 aliphatic heterocycles. The van der Waals surface area contributed by atoms with Crippen molar-refractivity contribution in [2.24, 2.45) is 5.92 Å². The largest absolute Gasteiger partial charge is 0.507 e. The van der Waals surface area contributed by atoms with Crippen molar-refractivity contribution in [3.63, 3.8) is 0 Å². The number of hydrogen-bond acceptors (Lipinski definition) is 3. The predicted octanol–water partition coefficient (Wildman–Crippen LogP) is 5.57. The third-order valence-corrected chi connectivity index (χ3v) is 5.70. The van der Waals surface area contributed by atoms with Gasteiger partial charge >= 0.3 is 5.97 Å². The SMILES string of the molecule is CC(C)c1c(O)c(C(C)C)c(C(C)C)c2c1CCC(C(=O)O)(C(C)C)O2. The van der Waals surface area contributed by atoms with E-state index in [1.165, 1.54) is 0 Å². The molecule has 0 fully saturated rings. The molecule has 0 saturated carbocycles. The highest BCUT2D eigenvalue weighted by molar-refractivity contribution is 5.79. The molecule has 0 radical (unpaired) electrons. The van der Waals surface area contributed by atoms with Crippen LogP contribution in [0.4, 0.5) is 0 Å². The van der Waals surface area contributed by atoms with E-state index >= 15 is 0 Å². The quantitative estimate of drug-likeness (QED) is 0.719. The van der Waals surface area contributed by atoms with E-state index in [4.69, 9.17) is 4.74 Å². The molecule has 146 valence electrons. The highest BCUT2D eigenvalue weighted by atomic mass is 16.5. The standard InChI is InChI=1S/C22H34O4/c1-11(2)16-15-9-10-22(14(7)8,21(24)25)26-20(15)18(13(5)6)17(12(3)4)19(16)23/h11-14,23H,9-10H2,1-8H3,(H,24,25). The summed E-state index contributed by atoms with van der Waals surface area (Å²) in [6.45, 7) is 16.2. The summed E-state index contributed by atoms with van der Waals surface area (Å²) >= 11 is 0. The van der Waals surface area contributed by atoms with Crippen LogP contribution in [0.5, 0.6) is 11.5 Å². The fourth-order valence-electron chi connectivity index (χ4n) is 4.31. The van der Waals surface area contributed by atoms with Crippen molar-refractivity contribution >= 4 is 5.97 Å². The minimum Gasteiger partial charge on any atom is -0.507 e. The molecule has 0 amide bonds. The molecule has 0 bridgehead atoms. The van der Waals surface area contributed by atoms with Crippen molar-refractivity contribution in [2.45, 2.75) is 91.6 Å². The first-order valence-corrected chi connectivity index (χ1v) is 9.79. The summed E-state index contributed by atoms with van der Waals surface area (Å²) in [5.41, 5.74) is 2.55. The molecule has 4 heteroatoms. The van der Waals surface area contributed by atoms with Gasteiger partial charge < -0.3 is 14.9 Å². The maximum atomic E-state index is 12.1. The number of aromatic hydroxyl groups is 1. The Morgan fingerprint density at radius 2 is 1.42 bits per heavy atom. The number of fused-ring (bicyclic) bond motifs is 1. The molecule has 1 aliphatic rings. The van der Waals surface area contributed by atoms with Gasteiger partial charge in [-0.15, -0.1) is 0 Å². The van der Waals surface area contributed by atoms with Crippen LogP contribution in [0.2, 0.25) is 0 Å². The molecule has 2 N–H and O–H groups in total. The summed E-state index contributed by atoms with van der Waals surface area (Å²) in [5, 5.41) is 21.0. The Morgan fingerprint density at radius 3 is 1.81 bits per heavy atom. The topological polar surface area (TPSA) is 66.8 Å². The number of benzene rings is 1. The Hall–Kier alpha value is -1.71. The Bertz CT molecular complexity index is 701. The third kappa shape index (κ3) is 3.08. The Balaban J connectivity index is 2.88. The number of phenolic OH excluding ortho intramolecular Hbond substituents is 1. The maximum absolute atomic E-state index is 12.1. The number of ether oxygens (including phenoxy) is 1. The minimum atomic E-state index is -1.21. The first-order valence-electron chi connectivity index (χ1n) is 9.79. The summed E-state index contributed by atoms with van der Waals surface area (Å²) in [4.78, 5) is 12.1. The molecule has 1 aromatic carbocycles. The zero-order valence-electron chi connectivity index (χ0n) is 17.4. The summed E-state index contributed by atoms with van der Waals surface area (Å²) in [5.74, 6) is 0.414. The van der Waals surface area contributed by atoms with Gasteiger partial charge in [-0.25, -0.2) is 4.79 Å². The first kappa shape index (κ1) is 20.6. The Kier molecular flexibility index (Phi) is 5.65. The highest BCUT2D eigenvalue weighted by Gasteiger charge is 2.48. The molecule has 1 heterocycles. The van der Waals surface area contributed by atoms with Crippen molar-refractivity contribution in [1.29, 1.82) is 0 Å². The second kappa shape index (κ2) is 7.13. The van der Waals surface area contributed by atoms with Gasteiger partial charge in [-0.2, -0.15) is 0 Å². The minimum absolute atomic E-state index is 0.124. The van der Waals surface area contributed by atoms with Crippen LogP contribution >= 0.6 is 0 Å². The number of phenols is 1. The van der Waals surface area contributed by atoms with E-state index < -0.39 is 11.6 Å². The molecule has 0 aliphatic carbocycles. The van der Waals surface area contributed by atoms with E-state index in [1.54, 1.807) is 0 Å². The van der Waals surface area contributed by atoms with Crippen molar-refractivity contribution in [3.05, 3.63) is 22.3 Å². The summed E-state index contributed by atoms with van der Waals surface area (Å²) < 4.78 is 6.36. The number of aliphatic carboxylic acids is 1. The average molecular weight is 363 g/mol. The summed E-state index contributed by atoms with van der Waals surface area (Å²) in [6, 6.07) is 0. The number of hydrogen-bond donors (Lipinski definition) is 2. The zero-order valence-corrected chi connectivity index (χ0v) is 17.4. The van der Waals surface area contributed by atoms with Crippen LogP contribution in [0, 0.1) is 5.92 Å². The van der Waals surface area contributed by atoms with Crippen LogP contribution in [-0.2, 0) is 11.2 Å². The molecule has 1 atom stereocenters. The lowest BCUT2D eigenvalue weighted by molar-refractivity contribution is -0.161. The van der Waals surface area contributed by atoms with E-state index in [2.05, 4.69) is 41.5 Å². The lowest BCUT2D eigenvalue weighted by Gasteiger charge is -2.41. The van der Waals surface area contributed by atoms with Crippen LogP contribution in [0.3, 0.4) is 0 Å². The molecule has 0 spiro atoms. The number of rotatable bonds is 5. The van der Waals surface area contributed by atoms with Gasteiger partial charge in [-0.05, 0) is 24.2 Å². The maximum Gasteiger partial charge on any atom is 0.348 e. The van der Waals surface area contributed by atoms with Gasteiger partial charge in [0.1, 0.15) is 11.5 Å². The van der Waals surface area contributed by atoms with Gasteiger partial charge in [0.05, 0.1) is 0 Å². The van der Waals surface area contributed by atoms with Gasteiger partial charge in [0.2, 0.25) is 5.60 Å².